The molecule has 7 nitrogen and oxygen atoms in total. The van der Waals surface area contributed by atoms with Crippen molar-refractivity contribution in [2.24, 2.45) is 0 Å². The standard InChI is InChI=1S/C25H27N3O4/c1-15(8-7-13-28-24(29)17-9-5-6-10-18(17)25(28)30)26-20-14-21(31-3)23(32-4)19-12-11-16(2)27-22(19)20/h5-6,9-12,14-15,26H,7-8,13H2,1-4H3. The Labute approximate surface area is 187 Å². The first-order valence-electron chi connectivity index (χ1n) is 10.7. The Kier molecular flexibility index (Phi) is 5.99. The van der Waals surface area contributed by atoms with E-state index in [9.17, 15) is 9.59 Å². The van der Waals surface area contributed by atoms with Gasteiger partial charge in [0.05, 0.1) is 36.6 Å². The van der Waals surface area contributed by atoms with E-state index in [1.54, 1.807) is 38.5 Å². The van der Waals surface area contributed by atoms with Gasteiger partial charge in [-0.3, -0.25) is 19.5 Å². The van der Waals surface area contributed by atoms with Crippen molar-refractivity contribution in [2.45, 2.75) is 32.7 Å². The molecule has 1 N–H and O–H groups in total. The molecule has 1 atom stereocenters. The van der Waals surface area contributed by atoms with Gasteiger partial charge in [-0.2, -0.15) is 0 Å². The van der Waals surface area contributed by atoms with Crippen molar-refractivity contribution in [1.82, 2.24) is 9.88 Å². The number of aryl methyl sites for hydroxylation is 1. The third-order valence-electron chi connectivity index (χ3n) is 5.76. The summed E-state index contributed by atoms with van der Waals surface area (Å²) in [6.07, 6.45) is 1.46. The van der Waals surface area contributed by atoms with Gasteiger partial charge in [0.15, 0.2) is 11.5 Å². The van der Waals surface area contributed by atoms with Crippen molar-refractivity contribution in [3.8, 4) is 11.5 Å². The van der Waals surface area contributed by atoms with Crippen molar-refractivity contribution in [3.63, 3.8) is 0 Å². The van der Waals surface area contributed by atoms with E-state index < -0.39 is 0 Å². The first-order chi connectivity index (χ1) is 15.4. The maximum absolute atomic E-state index is 12.5. The molecule has 1 unspecified atom stereocenters. The second-order valence-electron chi connectivity index (χ2n) is 8.00. The van der Waals surface area contributed by atoms with Gasteiger partial charge in [0.25, 0.3) is 11.8 Å². The van der Waals surface area contributed by atoms with E-state index in [4.69, 9.17) is 14.5 Å². The predicted molar refractivity (Wildman–Crippen MR) is 124 cm³/mol. The zero-order valence-corrected chi connectivity index (χ0v) is 18.8. The zero-order valence-electron chi connectivity index (χ0n) is 18.8. The quantitative estimate of drug-likeness (QED) is 0.529. The van der Waals surface area contributed by atoms with E-state index in [1.165, 1.54) is 4.90 Å². The monoisotopic (exact) mass is 433 g/mol. The number of nitrogens with one attached hydrogen (secondary N) is 1. The molecule has 3 aromatic rings. The molecule has 0 radical (unpaired) electrons. The fraction of sp³-hybridized carbons (Fsp3) is 0.320. The summed E-state index contributed by atoms with van der Waals surface area (Å²) in [5.41, 5.74) is 3.55. The van der Waals surface area contributed by atoms with Gasteiger partial charge in [-0.15, -0.1) is 0 Å². The Balaban J connectivity index is 1.46. The van der Waals surface area contributed by atoms with Gasteiger partial charge in [-0.25, -0.2) is 0 Å². The summed E-state index contributed by atoms with van der Waals surface area (Å²) in [4.78, 5) is 31.1. The summed E-state index contributed by atoms with van der Waals surface area (Å²) in [5.74, 6) is 0.860. The maximum atomic E-state index is 12.5. The highest BCUT2D eigenvalue weighted by atomic mass is 16.5. The normalized spacial score (nSPS) is 13.9. The number of imide groups is 1. The molecule has 0 spiro atoms. The summed E-state index contributed by atoms with van der Waals surface area (Å²) < 4.78 is 11.1. The Morgan fingerprint density at radius 2 is 1.72 bits per heavy atom. The SMILES string of the molecule is COc1cc(NC(C)CCCN2C(=O)c3ccccc3C2=O)c2nc(C)ccc2c1OC. The number of ether oxygens (including phenoxy) is 2. The van der Waals surface area contributed by atoms with Crippen molar-refractivity contribution >= 4 is 28.4 Å². The lowest BCUT2D eigenvalue weighted by molar-refractivity contribution is 0.0651. The molecule has 0 saturated heterocycles. The van der Waals surface area contributed by atoms with Crippen LogP contribution in [0.3, 0.4) is 0 Å². The van der Waals surface area contributed by atoms with Crippen molar-refractivity contribution in [3.05, 3.63) is 59.3 Å². The molecule has 2 amide bonds. The fourth-order valence-corrected chi connectivity index (χ4v) is 4.15. The van der Waals surface area contributed by atoms with Gasteiger partial charge >= 0.3 is 0 Å². The molecule has 2 aromatic carbocycles. The first-order valence-corrected chi connectivity index (χ1v) is 10.7. The van der Waals surface area contributed by atoms with E-state index in [0.29, 0.717) is 35.6 Å². The number of carbonyl (C=O) groups is 2. The van der Waals surface area contributed by atoms with Gasteiger partial charge in [0.2, 0.25) is 0 Å². The minimum absolute atomic E-state index is 0.0915. The molecular weight excluding hydrogens is 406 g/mol. The first kappa shape index (κ1) is 21.6. The largest absolute Gasteiger partial charge is 0.493 e. The molecule has 2 heterocycles. The van der Waals surface area contributed by atoms with Crippen LogP contribution in [0.1, 0.15) is 46.2 Å². The van der Waals surface area contributed by atoms with Crippen LogP contribution in [0, 0.1) is 6.92 Å². The molecular formula is C25H27N3O4. The highest BCUT2D eigenvalue weighted by Crippen LogP contribution is 2.39. The van der Waals surface area contributed by atoms with Gasteiger partial charge in [-0.1, -0.05) is 12.1 Å². The van der Waals surface area contributed by atoms with E-state index in [1.807, 2.05) is 25.1 Å². The predicted octanol–water partition coefficient (Wildman–Crippen LogP) is 4.44. The van der Waals surface area contributed by atoms with E-state index in [0.717, 1.165) is 28.7 Å². The number of aromatic nitrogens is 1. The van der Waals surface area contributed by atoms with Crippen LogP contribution in [-0.4, -0.2) is 48.5 Å². The number of hydrogen-bond acceptors (Lipinski definition) is 6. The molecule has 7 heteroatoms. The molecule has 1 aliphatic rings. The minimum atomic E-state index is -0.211. The highest BCUT2D eigenvalue weighted by molar-refractivity contribution is 6.21. The zero-order chi connectivity index (χ0) is 22.8. The van der Waals surface area contributed by atoms with Crippen LogP contribution in [0.15, 0.2) is 42.5 Å². The third kappa shape index (κ3) is 3.86. The average Bonchev–Trinajstić information content (AvgIpc) is 3.04. The van der Waals surface area contributed by atoms with Gasteiger partial charge < -0.3 is 14.8 Å². The number of anilines is 1. The van der Waals surface area contributed by atoms with Gasteiger partial charge in [-0.05, 0) is 51.0 Å². The van der Waals surface area contributed by atoms with Crippen LogP contribution in [0.4, 0.5) is 5.69 Å². The summed E-state index contributed by atoms with van der Waals surface area (Å²) in [7, 11) is 3.23. The number of benzene rings is 2. The molecule has 0 aliphatic carbocycles. The minimum Gasteiger partial charge on any atom is -0.493 e. The Morgan fingerprint density at radius 3 is 2.34 bits per heavy atom. The number of rotatable bonds is 8. The summed E-state index contributed by atoms with van der Waals surface area (Å²) in [6, 6.07) is 12.9. The smallest absolute Gasteiger partial charge is 0.261 e. The fourth-order valence-electron chi connectivity index (χ4n) is 4.15. The van der Waals surface area contributed by atoms with Crippen LogP contribution in [-0.2, 0) is 0 Å². The lowest BCUT2D eigenvalue weighted by Gasteiger charge is -2.20. The Bertz CT molecular complexity index is 1160. The molecule has 0 bridgehead atoms. The summed E-state index contributed by atoms with van der Waals surface area (Å²) in [6.45, 7) is 4.41. The van der Waals surface area contributed by atoms with Crippen molar-refractivity contribution in [1.29, 1.82) is 0 Å². The van der Waals surface area contributed by atoms with E-state index in [-0.39, 0.29) is 17.9 Å². The molecule has 1 aliphatic heterocycles. The van der Waals surface area contributed by atoms with Gasteiger partial charge in [0.1, 0.15) is 0 Å². The van der Waals surface area contributed by atoms with Crippen LogP contribution in [0.25, 0.3) is 10.9 Å². The number of nitrogens with zero attached hydrogens (tertiary/aromatic N) is 2. The molecule has 166 valence electrons. The van der Waals surface area contributed by atoms with Crippen LogP contribution in [0.2, 0.25) is 0 Å². The Hall–Kier alpha value is -3.61. The van der Waals surface area contributed by atoms with Crippen LogP contribution >= 0.6 is 0 Å². The second kappa shape index (κ2) is 8.86. The lowest BCUT2D eigenvalue weighted by Crippen LogP contribution is -2.31. The lowest BCUT2D eigenvalue weighted by atomic mass is 10.1. The van der Waals surface area contributed by atoms with E-state index >= 15 is 0 Å². The maximum Gasteiger partial charge on any atom is 0.261 e. The number of methoxy groups -OCH3 is 2. The molecule has 0 saturated carbocycles. The van der Waals surface area contributed by atoms with E-state index in [2.05, 4.69) is 12.2 Å². The van der Waals surface area contributed by atoms with Crippen molar-refractivity contribution < 1.29 is 19.1 Å². The molecule has 1 aromatic heterocycles. The van der Waals surface area contributed by atoms with Crippen molar-refractivity contribution in [2.75, 3.05) is 26.1 Å². The Morgan fingerprint density at radius 1 is 1.03 bits per heavy atom. The van der Waals surface area contributed by atoms with Gasteiger partial charge in [0, 0.05) is 29.7 Å². The molecule has 4 rings (SSSR count). The summed E-state index contributed by atoms with van der Waals surface area (Å²) >= 11 is 0. The highest BCUT2D eigenvalue weighted by Gasteiger charge is 2.34. The number of carbonyl (C=O) groups excluding carboxylic acids is 2. The average molecular weight is 434 g/mol. The number of fused-ring (bicyclic) bond motifs is 2. The molecule has 32 heavy (non-hydrogen) atoms. The topological polar surface area (TPSA) is 80.8 Å². The molecule has 0 fully saturated rings. The number of pyridine rings is 1. The van der Waals surface area contributed by atoms with Crippen LogP contribution < -0.4 is 14.8 Å². The second-order valence-corrected chi connectivity index (χ2v) is 8.00. The summed E-state index contributed by atoms with van der Waals surface area (Å²) in [5, 5.41) is 4.39. The van der Waals surface area contributed by atoms with Crippen LogP contribution in [0.5, 0.6) is 11.5 Å². The number of amides is 2. The number of hydrogen-bond donors (Lipinski definition) is 1. The third-order valence-corrected chi connectivity index (χ3v) is 5.76.